The second-order valence-corrected chi connectivity index (χ2v) is 3.21. The average molecular weight is 227 g/mol. The maximum absolute atomic E-state index is 5.13. The highest BCUT2D eigenvalue weighted by molar-refractivity contribution is 9.10. The van der Waals surface area contributed by atoms with Crippen molar-refractivity contribution in [2.45, 2.75) is 0 Å². The summed E-state index contributed by atoms with van der Waals surface area (Å²) < 4.78 is 6.07. The molecule has 2 aromatic rings. The van der Waals surface area contributed by atoms with Crippen LogP contribution in [0.3, 0.4) is 0 Å². The van der Waals surface area contributed by atoms with E-state index in [4.69, 9.17) is 4.74 Å². The Labute approximate surface area is 77.9 Å². The maximum Gasteiger partial charge on any atom is 0.133 e. The van der Waals surface area contributed by atoms with Crippen LogP contribution in [0.1, 0.15) is 0 Å². The summed E-state index contributed by atoms with van der Waals surface area (Å²) in [6.45, 7) is 0. The van der Waals surface area contributed by atoms with Crippen molar-refractivity contribution < 1.29 is 4.74 Å². The Morgan fingerprint density at radius 3 is 3.08 bits per heavy atom. The average Bonchev–Trinajstić information content (AvgIpc) is 2.53. The van der Waals surface area contributed by atoms with Crippen molar-refractivity contribution in [2.24, 2.45) is 0 Å². The Balaban J connectivity index is 2.78. The molecule has 0 spiro atoms. The lowest BCUT2D eigenvalue weighted by atomic mass is 10.2. The van der Waals surface area contributed by atoms with Crippen molar-refractivity contribution in [1.82, 2.24) is 10.2 Å². The van der Waals surface area contributed by atoms with Crippen molar-refractivity contribution in [3.8, 4) is 5.75 Å². The van der Waals surface area contributed by atoms with E-state index in [9.17, 15) is 0 Å². The van der Waals surface area contributed by atoms with Gasteiger partial charge in [-0.2, -0.15) is 5.10 Å². The molecule has 1 aromatic carbocycles. The van der Waals surface area contributed by atoms with Crippen molar-refractivity contribution >= 4 is 26.8 Å². The van der Waals surface area contributed by atoms with E-state index < -0.39 is 0 Å². The second kappa shape index (κ2) is 2.79. The number of aromatic nitrogens is 2. The van der Waals surface area contributed by atoms with Gasteiger partial charge in [0.2, 0.25) is 0 Å². The van der Waals surface area contributed by atoms with Crippen LogP contribution in [-0.4, -0.2) is 17.3 Å². The van der Waals surface area contributed by atoms with Crippen LogP contribution in [-0.2, 0) is 0 Å². The number of halogens is 1. The summed E-state index contributed by atoms with van der Waals surface area (Å²) in [5.74, 6) is 0.823. The summed E-state index contributed by atoms with van der Waals surface area (Å²) in [6.07, 6.45) is 1.77. The lowest BCUT2D eigenvalue weighted by Gasteiger charge is -2.02. The zero-order valence-corrected chi connectivity index (χ0v) is 8.05. The number of rotatable bonds is 1. The highest BCUT2D eigenvalue weighted by Crippen LogP contribution is 2.31. The van der Waals surface area contributed by atoms with Gasteiger partial charge < -0.3 is 4.74 Å². The van der Waals surface area contributed by atoms with E-state index in [-0.39, 0.29) is 0 Å². The van der Waals surface area contributed by atoms with Gasteiger partial charge in [-0.15, -0.1) is 0 Å². The number of hydrogen-bond acceptors (Lipinski definition) is 2. The van der Waals surface area contributed by atoms with E-state index in [1.807, 2.05) is 12.1 Å². The molecule has 0 unspecified atom stereocenters. The minimum Gasteiger partial charge on any atom is -0.496 e. The molecule has 2 rings (SSSR count). The molecular formula is C8H7BrN2O. The molecule has 1 heterocycles. The third-order valence-electron chi connectivity index (χ3n) is 1.74. The SMILES string of the molecule is COc1ccc2[nH]ncc2c1Br. The van der Waals surface area contributed by atoms with Crippen molar-refractivity contribution in [1.29, 1.82) is 0 Å². The highest BCUT2D eigenvalue weighted by atomic mass is 79.9. The van der Waals surface area contributed by atoms with Gasteiger partial charge in [0, 0.05) is 5.39 Å². The zero-order chi connectivity index (χ0) is 8.55. The molecule has 0 aliphatic carbocycles. The Kier molecular flexibility index (Phi) is 1.77. The van der Waals surface area contributed by atoms with Crippen LogP contribution >= 0.6 is 15.9 Å². The number of nitrogens with one attached hydrogen (secondary N) is 1. The standard InChI is InChI=1S/C8H7BrN2O/c1-12-7-3-2-6-5(8(7)9)4-10-11-6/h2-4H,1H3,(H,10,11). The van der Waals surface area contributed by atoms with Crippen LogP contribution in [0, 0.1) is 0 Å². The summed E-state index contributed by atoms with van der Waals surface area (Å²) in [4.78, 5) is 0. The quantitative estimate of drug-likeness (QED) is 0.811. The molecule has 1 aromatic heterocycles. The fourth-order valence-electron chi connectivity index (χ4n) is 1.12. The number of fused-ring (bicyclic) bond motifs is 1. The predicted molar refractivity (Wildman–Crippen MR) is 50.3 cm³/mol. The molecule has 0 radical (unpaired) electrons. The normalized spacial score (nSPS) is 10.5. The van der Waals surface area contributed by atoms with E-state index in [1.54, 1.807) is 13.3 Å². The molecule has 0 bridgehead atoms. The number of benzene rings is 1. The number of ether oxygens (including phenoxy) is 1. The van der Waals surface area contributed by atoms with E-state index in [2.05, 4.69) is 26.1 Å². The Hall–Kier alpha value is -1.03. The number of methoxy groups -OCH3 is 1. The topological polar surface area (TPSA) is 37.9 Å². The molecule has 4 heteroatoms. The van der Waals surface area contributed by atoms with E-state index >= 15 is 0 Å². The molecule has 1 N–H and O–H groups in total. The van der Waals surface area contributed by atoms with Gasteiger partial charge >= 0.3 is 0 Å². The number of H-pyrrole nitrogens is 1. The molecule has 0 atom stereocenters. The first-order valence-corrected chi connectivity index (χ1v) is 4.28. The van der Waals surface area contributed by atoms with E-state index in [0.29, 0.717) is 0 Å². The molecule has 0 saturated heterocycles. The van der Waals surface area contributed by atoms with Crippen molar-refractivity contribution in [3.63, 3.8) is 0 Å². The highest BCUT2D eigenvalue weighted by Gasteiger charge is 2.05. The molecule has 0 amide bonds. The summed E-state index contributed by atoms with van der Waals surface area (Å²) in [5.41, 5.74) is 1.00. The molecule has 3 nitrogen and oxygen atoms in total. The second-order valence-electron chi connectivity index (χ2n) is 2.41. The number of aromatic amines is 1. The van der Waals surface area contributed by atoms with Gasteiger partial charge in [-0.05, 0) is 28.1 Å². The van der Waals surface area contributed by atoms with Gasteiger partial charge in [0.15, 0.2) is 0 Å². The first-order valence-electron chi connectivity index (χ1n) is 3.48. The largest absolute Gasteiger partial charge is 0.496 e. The third kappa shape index (κ3) is 0.992. The Morgan fingerprint density at radius 2 is 2.33 bits per heavy atom. The fourth-order valence-corrected chi connectivity index (χ4v) is 1.73. The minimum atomic E-state index is 0.823. The first kappa shape index (κ1) is 7.61. The monoisotopic (exact) mass is 226 g/mol. The van der Waals surface area contributed by atoms with Gasteiger partial charge in [-0.1, -0.05) is 0 Å². The predicted octanol–water partition coefficient (Wildman–Crippen LogP) is 2.33. The van der Waals surface area contributed by atoms with Crippen LogP contribution < -0.4 is 4.74 Å². The zero-order valence-electron chi connectivity index (χ0n) is 6.47. The van der Waals surface area contributed by atoms with Gasteiger partial charge in [0.1, 0.15) is 5.75 Å². The minimum absolute atomic E-state index is 0.823. The van der Waals surface area contributed by atoms with Gasteiger partial charge in [-0.3, -0.25) is 5.10 Å². The maximum atomic E-state index is 5.13. The van der Waals surface area contributed by atoms with Gasteiger partial charge in [-0.25, -0.2) is 0 Å². The van der Waals surface area contributed by atoms with Crippen LogP contribution in [0.25, 0.3) is 10.9 Å². The molecule has 62 valence electrons. The van der Waals surface area contributed by atoms with E-state index in [1.165, 1.54) is 0 Å². The molecule has 0 saturated carbocycles. The molecular weight excluding hydrogens is 220 g/mol. The van der Waals surface area contributed by atoms with Crippen LogP contribution in [0.4, 0.5) is 0 Å². The van der Waals surface area contributed by atoms with Crippen molar-refractivity contribution in [3.05, 3.63) is 22.8 Å². The molecule has 0 aliphatic heterocycles. The first-order chi connectivity index (χ1) is 5.83. The van der Waals surface area contributed by atoms with Gasteiger partial charge in [0.05, 0.1) is 23.3 Å². The summed E-state index contributed by atoms with van der Waals surface area (Å²) >= 11 is 3.44. The number of nitrogens with zero attached hydrogens (tertiary/aromatic N) is 1. The Bertz CT molecular complexity index is 410. The lowest BCUT2D eigenvalue weighted by molar-refractivity contribution is 0.413. The van der Waals surface area contributed by atoms with Crippen LogP contribution in [0.5, 0.6) is 5.75 Å². The van der Waals surface area contributed by atoms with Crippen LogP contribution in [0.15, 0.2) is 22.8 Å². The fraction of sp³-hybridized carbons (Fsp3) is 0.125. The smallest absolute Gasteiger partial charge is 0.133 e. The summed E-state index contributed by atoms with van der Waals surface area (Å²) in [6, 6.07) is 3.83. The van der Waals surface area contributed by atoms with Crippen molar-refractivity contribution in [2.75, 3.05) is 7.11 Å². The molecule has 12 heavy (non-hydrogen) atoms. The lowest BCUT2D eigenvalue weighted by Crippen LogP contribution is -1.83. The third-order valence-corrected chi connectivity index (χ3v) is 2.56. The van der Waals surface area contributed by atoms with Gasteiger partial charge in [0.25, 0.3) is 0 Å². The summed E-state index contributed by atoms with van der Waals surface area (Å²) in [5, 5.41) is 7.84. The van der Waals surface area contributed by atoms with Crippen LogP contribution in [0.2, 0.25) is 0 Å². The number of hydrogen-bond donors (Lipinski definition) is 1. The molecule has 0 fully saturated rings. The Morgan fingerprint density at radius 1 is 1.50 bits per heavy atom. The molecule has 0 aliphatic rings. The summed E-state index contributed by atoms with van der Waals surface area (Å²) in [7, 11) is 1.64. The van der Waals surface area contributed by atoms with E-state index in [0.717, 1.165) is 21.1 Å².